The van der Waals surface area contributed by atoms with Gasteiger partial charge in [0.2, 0.25) is 5.91 Å². The third-order valence-electron chi connectivity index (χ3n) is 4.21. The monoisotopic (exact) mass is 374 g/mol. The lowest BCUT2D eigenvalue weighted by Crippen LogP contribution is -2.44. The van der Waals surface area contributed by atoms with Crippen LogP contribution in [0.3, 0.4) is 0 Å². The number of nitrogens with one attached hydrogen (secondary N) is 1. The van der Waals surface area contributed by atoms with Crippen LogP contribution in [-0.4, -0.2) is 47.9 Å². The molecule has 144 valence electrons. The number of carbonyl (C=O) groups excluding carboxylic acids is 1. The van der Waals surface area contributed by atoms with Gasteiger partial charge in [-0.15, -0.1) is 13.2 Å². The van der Waals surface area contributed by atoms with Crippen molar-refractivity contribution in [3.05, 3.63) is 29.8 Å². The van der Waals surface area contributed by atoms with Crippen LogP contribution in [0, 0.1) is 5.92 Å². The van der Waals surface area contributed by atoms with E-state index in [9.17, 15) is 22.8 Å². The van der Waals surface area contributed by atoms with Gasteiger partial charge in [-0.1, -0.05) is 12.1 Å². The van der Waals surface area contributed by atoms with E-state index in [1.165, 1.54) is 24.3 Å². The van der Waals surface area contributed by atoms with Crippen LogP contribution in [-0.2, 0) is 9.59 Å². The highest BCUT2D eigenvalue weighted by atomic mass is 19.4. The van der Waals surface area contributed by atoms with Crippen molar-refractivity contribution in [2.24, 2.45) is 5.92 Å². The molecular formula is C17H21F3N2O4. The van der Waals surface area contributed by atoms with Crippen LogP contribution in [0.25, 0.3) is 0 Å². The number of halogens is 3. The lowest BCUT2D eigenvalue weighted by atomic mass is 9.98. The van der Waals surface area contributed by atoms with E-state index >= 15 is 0 Å². The Bertz CT molecular complexity index is 634. The van der Waals surface area contributed by atoms with Gasteiger partial charge in [-0.25, -0.2) is 0 Å². The third-order valence-corrected chi connectivity index (χ3v) is 4.21. The molecule has 0 saturated carbocycles. The molecule has 2 atom stereocenters. The molecule has 26 heavy (non-hydrogen) atoms. The summed E-state index contributed by atoms with van der Waals surface area (Å²) in [5.74, 6) is -1.91. The number of alkyl halides is 3. The normalized spacial score (nSPS) is 19.6. The lowest BCUT2D eigenvalue weighted by molar-refractivity contribution is -0.274. The van der Waals surface area contributed by atoms with E-state index in [2.05, 4.69) is 10.1 Å². The number of carbonyl (C=O) groups is 2. The van der Waals surface area contributed by atoms with Crippen LogP contribution in [0.1, 0.15) is 31.4 Å². The highest BCUT2D eigenvalue weighted by Gasteiger charge is 2.31. The van der Waals surface area contributed by atoms with E-state index in [1.54, 1.807) is 11.8 Å². The van der Waals surface area contributed by atoms with Crippen LogP contribution in [0.15, 0.2) is 24.3 Å². The molecule has 0 aromatic heterocycles. The number of amides is 1. The van der Waals surface area contributed by atoms with Crippen molar-refractivity contribution in [1.82, 2.24) is 10.2 Å². The minimum atomic E-state index is -4.75. The maximum absolute atomic E-state index is 12.2. The molecule has 1 aliphatic heterocycles. The molecule has 1 amide bonds. The largest absolute Gasteiger partial charge is 0.573 e. The molecular weight excluding hydrogens is 353 g/mol. The standard InChI is InChI=1S/C17H21F3N2O4/c1-11(12-4-6-14(7-5-12)26-17(18,19)20)21-15(23)10-22-8-2-3-13(9-22)16(24)25/h4-7,11,13H,2-3,8-10H2,1H3,(H,21,23)(H,24,25). The van der Waals surface area contributed by atoms with E-state index in [-0.39, 0.29) is 18.2 Å². The molecule has 0 radical (unpaired) electrons. The second-order valence-electron chi connectivity index (χ2n) is 6.32. The third kappa shape index (κ3) is 6.21. The Labute approximate surface area is 148 Å². The summed E-state index contributed by atoms with van der Waals surface area (Å²) in [4.78, 5) is 25.0. The van der Waals surface area contributed by atoms with E-state index < -0.39 is 24.3 Å². The van der Waals surface area contributed by atoms with E-state index in [4.69, 9.17) is 5.11 Å². The zero-order chi connectivity index (χ0) is 19.3. The average molecular weight is 374 g/mol. The number of carboxylic acids is 1. The molecule has 2 unspecified atom stereocenters. The maximum Gasteiger partial charge on any atom is 0.573 e. The number of benzene rings is 1. The van der Waals surface area contributed by atoms with Crippen LogP contribution in [0.5, 0.6) is 5.75 Å². The first-order chi connectivity index (χ1) is 12.1. The molecule has 0 bridgehead atoms. The Morgan fingerprint density at radius 2 is 2.00 bits per heavy atom. The van der Waals surface area contributed by atoms with Gasteiger partial charge in [0.1, 0.15) is 5.75 Å². The molecule has 1 aromatic carbocycles. The highest BCUT2D eigenvalue weighted by molar-refractivity contribution is 5.78. The number of hydrogen-bond donors (Lipinski definition) is 2. The summed E-state index contributed by atoms with van der Waals surface area (Å²) in [6.07, 6.45) is -3.42. The van der Waals surface area contributed by atoms with E-state index in [0.29, 0.717) is 25.1 Å². The van der Waals surface area contributed by atoms with Gasteiger partial charge in [0.05, 0.1) is 18.5 Å². The molecule has 0 spiro atoms. The number of carboxylic acid groups (broad SMARTS) is 1. The fourth-order valence-corrected chi connectivity index (χ4v) is 2.93. The number of rotatable bonds is 6. The van der Waals surface area contributed by atoms with Crippen molar-refractivity contribution in [1.29, 1.82) is 0 Å². The molecule has 1 saturated heterocycles. The molecule has 1 fully saturated rings. The smallest absolute Gasteiger partial charge is 0.481 e. The van der Waals surface area contributed by atoms with Crippen LogP contribution in [0.2, 0.25) is 0 Å². The summed E-state index contributed by atoms with van der Waals surface area (Å²) >= 11 is 0. The Balaban J connectivity index is 1.85. The summed E-state index contributed by atoms with van der Waals surface area (Å²) in [6, 6.07) is 4.88. The Hall–Kier alpha value is -2.29. The van der Waals surface area contributed by atoms with Gasteiger partial charge >= 0.3 is 12.3 Å². The fourth-order valence-electron chi connectivity index (χ4n) is 2.93. The van der Waals surface area contributed by atoms with Crippen molar-refractivity contribution in [3.63, 3.8) is 0 Å². The van der Waals surface area contributed by atoms with Crippen molar-refractivity contribution < 1.29 is 32.6 Å². The number of hydrogen-bond acceptors (Lipinski definition) is 4. The second-order valence-corrected chi connectivity index (χ2v) is 6.32. The second kappa shape index (κ2) is 8.39. The fraction of sp³-hybridized carbons (Fsp3) is 0.529. The van der Waals surface area contributed by atoms with Gasteiger partial charge in [0.15, 0.2) is 0 Å². The van der Waals surface area contributed by atoms with E-state index in [1.807, 2.05) is 0 Å². The minimum absolute atomic E-state index is 0.0867. The van der Waals surface area contributed by atoms with Crippen LogP contribution < -0.4 is 10.1 Å². The SMILES string of the molecule is CC(NC(=O)CN1CCCC(C(=O)O)C1)c1ccc(OC(F)(F)F)cc1. The number of likely N-dealkylation sites (tertiary alicyclic amines) is 1. The number of aliphatic carboxylic acids is 1. The van der Waals surface area contributed by atoms with Crippen molar-refractivity contribution >= 4 is 11.9 Å². The minimum Gasteiger partial charge on any atom is -0.481 e. The number of nitrogens with zero attached hydrogens (tertiary/aromatic N) is 1. The maximum atomic E-state index is 12.2. The molecule has 2 N–H and O–H groups in total. The quantitative estimate of drug-likeness (QED) is 0.800. The molecule has 1 heterocycles. The summed E-state index contributed by atoms with van der Waals surface area (Å²) in [6.45, 7) is 2.80. The Morgan fingerprint density at radius 1 is 1.35 bits per heavy atom. The Kier molecular flexibility index (Phi) is 6.47. The van der Waals surface area contributed by atoms with Gasteiger partial charge in [-0.3, -0.25) is 14.5 Å². The molecule has 0 aliphatic carbocycles. The van der Waals surface area contributed by atoms with Crippen molar-refractivity contribution in [3.8, 4) is 5.75 Å². The molecule has 1 aromatic rings. The lowest BCUT2D eigenvalue weighted by Gasteiger charge is -2.30. The van der Waals surface area contributed by atoms with Crippen LogP contribution >= 0.6 is 0 Å². The molecule has 9 heteroatoms. The zero-order valence-corrected chi connectivity index (χ0v) is 14.3. The molecule has 6 nitrogen and oxygen atoms in total. The summed E-state index contributed by atoms with van der Waals surface area (Å²) in [5, 5.41) is 11.8. The Morgan fingerprint density at radius 3 is 2.58 bits per heavy atom. The first-order valence-corrected chi connectivity index (χ1v) is 8.24. The average Bonchev–Trinajstić information content (AvgIpc) is 2.54. The van der Waals surface area contributed by atoms with Gasteiger partial charge < -0.3 is 15.2 Å². The number of piperidine rings is 1. The van der Waals surface area contributed by atoms with Gasteiger partial charge in [0.25, 0.3) is 0 Å². The van der Waals surface area contributed by atoms with Crippen molar-refractivity contribution in [2.75, 3.05) is 19.6 Å². The molecule has 1 aliphatic rings. The predicted molar refractivity (Wildman–Crippen MR) is 86.5 cm³/mol. The van der Waals surface area contributed by atoms with E-state index in [0.717, 1.165) is 6.42 Å². The van der Waals surface area contributed by atoms with Gasteiger partial charge in [0, 0.05) is 6.54 Å². The summed E-state index contributed by atoms with van der Waals surface area (Å²) < 4.78 is 40.3. The highest BCUT2D eigenvalue weighted by Crippen LogP contribution is 2.24. The zero-order valence-electron chi connectivity index (χ0n) is 14.3. The summed E-state index contributed by atoms with van der Waals surface area (Å²) in [5.41, 5.74) is 0.634. The summed E-state index contributed by atoms with van der Waals surface area (Å²) in [7, 11) is 0. The van der Waals surface area contributed by atoms with Gasteiger partial charge in [-0.05, 0) is 44.0 Å². The topological polar surface area (TPSA) is 78.9 Å². The number of ether oxygens (including phenoxy) is 1. The first kappa shape index (κ1) is 20.0. The van der Waals surface area contributed by atoms with Gasteiger partial charge in [-0.2, -0.15) is 0 Å². The predicted octanol–water partition coefficient (Wildman–Crippen LogP) is 2.56. The molecule has 2 rings (SSSR count). The first-order valence-electron chi connectivity index (χ1n) is 8.24. The van der Waals surface area contributed by atoms with Crippen molar-refractivity contribution in [2.45, 2.75) is 32.2 Å². The van der Waals surface area contributed by atoms with Crippen LogP contribution in [0.4, 0.5) is 13.2 Å².